The third-order valence-corrected chi connectivity index (χ3v) is 17.7. The van der Waals surface area contributed by atoms with Gasteiger partial charge in [-0.15, -0.1) is 0 Å². The molecule has 1 aromatic heterocycles. The lowest BCUT2D eigenvalue weighted by Crippen LogP contribution is -2.61. The summed E-state index contributed by atoms with van der Waals surface area (Å²) >= 11 is 0. The molecular formula is C76H87N11O21S. The number of aromatic nitrogens is 1. The molecule has 0 fully saturated rings. The highest BCUT2D eigenvalue weighted by Gasteiger charge is 2.37. The number of aliphatic carboxylic acids is 3. The number of aromatic amines is 1. The van der Waals surface area contributed by atoms with Crippen LogP contribution < -0.4 is 57.8 Å². The van der Waals surface area contributed by atoms with Gasteiger partial charge in [-0.1, -0.05) is 167 Å². The van der Waals surface area contributed by atoms with Gasteiger partial charge in [-0.3, -0.25) is 62.1 Å². The van der Waals surface area contributed by atoms with Gasteiger partial charge in [-0.05, 0) is 77.4 Å². The Morgan fingerprint density at radius 2 is 0.835 bits per heavy atom. The van der Waals surface area contributed by atoms with Crippen molar-refractivity contribution < 1.29 is 99.9 Å². The Hall–Kier alpha value is -12.4. The van der Waals surface area contributed by atoms with Gasteiger partial charge in [-0.25, -0.2) is 4.79 Å². The van der Waals surface area contributed by atoms with Crippen LogP contribution in [-0.4, -0.2) is 176 Å². The van der Waals surface area contributed by atoms with Crippen molar-refractivity contribution in [3.63, 3.8) is 0 Å². The van der Waals surface area contributed by atoms with Crippen LogP contribution in [0.15, 0.2) is 164 Å². The van der Waals surface area contributed by atoms with E-state index in [1.807, 2.05) is 0 Å². The van der Waals surface area contributed by atoms with Gasteiger partial charge >= 0.3 is 28.3 Å². The Morgan fingerprint density at radius 3 is 1.34 bits per heavy atom. The quantitative estimate of drug-likeness (QED) is 0.0193. The first-order chi connectivity index (χ1) is 51.9. The van der Waals surface area contributed by atoms with Crippen molar-refractivity contribution >= 4 is 98.2 Å². The minimum atomic E-state index is -5.02. The molecule has 0 aliphatic carbocycles. The Balaban J connectivity index is 1.20. The van der Waals surface area contributed by atoms with E-state index in [-0.39, 0.29) is 79.8 Å². The summed E-state index contributed by atoms with van der Waals surface area (Å²) in [5.41, 5.74) is 9.35. The fraction of sp³-hybridized carbons (Fsp3) is 0.329. The van der Waals surface area contributed by atoms with Crippen LogP contribution >= 0.6 is 0 Å². The molecule has 0 unspecified atom stereocenters. The van der Waals surface area contributed by atoms with E-state index >= 15 is 14.4 Å². The topological polar surface area (TPSA) is 517 Å². The van der Waals surface area contributed by atoms with Gasteiger partial charge in [0.05, 0.1) is 25.4 Å². The van der Waals surface area contributed by atoms with E-state index in [1.54, 1.807) is 105 Å². The van der Waals surface area contributed by atoms with Crippen LogP contribution in [0.5, 0.6) is 11.5 Å². The summed E-state index contributed by atoms with van der Waals surface area (Å²) in [5.74, 6) is -14.9. The minimum absolute atomic E-state index is 0.0202. The standard InChI is InChI=1S/C76H87N11O21S/c1-3-5-20-56(81-71(98)58(37-47-27-33-52(34-28-47)108-109(105,106)107)84-74(101)61(40-65(90)91)80-64(89)43-79-68(95)54(77)35-45-25-31-51(88)32-26-45)69(96)83-59(36-46-23-29-49(30-24-46)67(94)48-17-11-8-12-18-48)72(99)85-60(39-50-42-78-55-22-14-13-19-53(50)55)73(100)82-57(21-6-4-2)70(97)86-62(41-66(92)93)75(102)87-63(76(103)104)38-44-15-9-7-10-16-44/h7-19,22-34,42,54,56-63,78,88H,3-6,20-21,35-41,43,77H2,1-2H3,(H,79,95)(H,80,89)(H,81,98)(H,82,100)(H,83,96)(H,84,101)(H,85,99)(H,86,97)(H,87,102)(H,90,91)(H,92,93)(H,103,104)(H,105,106,107)/t54-,56+,57+,58+,59+,60+,61+,62+,63+/m1/s1. The lowest BCUT2D eigenvalue weighted by atomic mass is 9.98. The van der Waals surface area contributed by atoms with E-state index in [1.165, 1.54) is 60.7 Å². The summed E-state index contributed by atoms with van der Waals surface area (Å²) in [4.78, 5) is 183. The minimum Gasteiger partial charge on any atom is -0.508 e. The molecule has 0 saturated heterocycles. The summed E-state index contributed by atoms with van der Waals surface area (Å²) < 4.78 is 37.0. The predicted molar refractivity (Wildman–Crippen MR) is 394 cm³/mol. The molecule has 7 aromatic rings. The zero-order valence-corrected chi connectivity index (χ0v) is 60.3. The molecule has 7 rings (SSSR count). The number of fused-ring (bicyclic) bond motifs is 1. The van der Waals surface area contributed by atoms with Crippen LogP contribution in [0.3, 0.4) is 0 Å². The summed E-state index contributed by atoms with van der Waals surface area (Å²) in [5, 5.41) is 62.6. The number of H-pyrrole nitrogens is 1. The molecule has 33 heteroatoms. The molecule has 9 amide bonds. The lowest BCUT2D eigenvalue weighted by molar-refractivity contribution is -0.144. The number of carboxylic acid groups (broad SMARTS) is 3. The molecule has 17 N–H and O–H groups in total. The van der Waals surface area contributed by atoms with Gasteiger partial charge in [0.15, 0.2) is 5.78 Å². The maximum absolute atomic E-state index is 15.4. The third kappa shape index (κ3) is 27.2. The molecule has 6 aromatic carbocycles. The van der Waals surface area contributed by atoms with Crippen molar-refractivity contribution in [2.24, 2.45) is 5.73 Å². The van der Waals surface area contributed by atoms with E-state index < -0.39 is 162 Å². The molecule has 0 aliphatic heterocycles. The average molecular weight is 1520 g/mol. The van der Waals surface area contributed by atoms with E-state index in [9.17, 15) is 81.3 Å². The normalized spacial score (nSPS) is 13.7. The maximum atomic E-state index is 15.4. The first-order valence-electron chi connectivity index (χ1n) is 34.9. The van der Waals surface area contributed by atoms with Gasteiger partial charge < -0.3 is 83.2 Å². The van der Waals surface area contributed by atoms with Crippen molar-refractivity contribution in [3.8, 4) is 11.5 Å². The maximum Gasteiger partial charge on any atom is 0.446 e. The molecule has 0 saturated carbocycles. The van der Waals surface area contributed by atoms with Crippen LogP contribution in [0.4, 0.5) is 0 Å². The summed E-state index contributed by atoms with van der Waals surface area (Å²) in [6.45, 7) is 2.73. The summed E-state index contributed by atoms with van der Waals surface area (Å²) in [6, 6.07) is 25.2. The Kier molecular flexibility index (Phi) is 31.5. The fourth-order valence-electron chi connectivity index (χ4n) is 11.6. The predicted octanol–water partition coefficient (Wildman–Crippen LogP) is 2.54. The number of ketones is 1. The van der Waals surface area contributed by atoms with Crippen molar-refractivity contribution in [2.45, 2.75) is 152 Å². The lowest BCUT2D eigenvalue weighted by Gasteiger charge is -2.28. The van der Waals surface area contributed by atoms with Gasteiger partial charge in [0.25, 0.3) is 0 Å². The van der Waals surface area contributed by atoms with Crippen LogP contribution in [0.25, 0.3) is 10.9 Å². The number of carboxylic acids is 3. The zero-order valence-electron chi connectivity index (χ0n) is 59.4. The SMILES string of the molecule is CCCC[C@H](NC(=O)[C@H](Cc1c[nH]c2ccccc12)NC(=O)[C@H](Cc1ccc(C(=O)c2ccccc2)cc1)NC(=O)[C@H](CCCC)NC(=O)[C@H](Cc1ccc(OS(=O)(=O)O)cc1)NC(=O)[C@H](CC(=O)O)NC(=O)CNC(=O)[C@H](N)Cc1ccc(O)cc1)C(=O)N[C@@H](CC(=O)O)C(=O)N[C@@H](Cc1ccccc1)C(=O)O. The number of para-hydroxylation sites is 1. The van der Waals surface area contributed by atoms with Gasteiger partial charge in [0.1, 0.15) is 59.8 Å². The molecule has 109 heavy (non-hydrogen) atoms. The smallest absolute Gasteiger partial charge is 0.446 e. The zero-order chi connectivity index (χ0) is 79.3. The number of nitrogens with one attached hydrogen (secondary N) is 10. The van der Waals surface area contributed by atoms with Crippen LogP contribution in [0.2, 0.25) is 0 Å². The Labute approximate surface area is 626 Å². The number of benzene rings is 6. The van der Waals surface area contributed by atoms with Crippen molar-refractivity contribution in [1.29, 1.82) is 0 Å². The number of aromatic hydroxyl groups is 1. The molecule has 0 bridgehead atoms. The third-order valence-electron chi connectivity index (χ3n) is 17.3. The van der Waals surface area contributed by atoms with E-state index in [0.717, 1.165) is 12.1 Å². The highest BCUT2D eigenvalue weighted by atomic mass is 32.3. The number of carbonyl (C=O) groups excluding carboxylic acids is 10. The molecular weight excluding hydrogens is 1430 g/mol. The molecule has 0 radical (unpaired) electrons. The van der Waals surface area contributed by atoms with E-state index in [4.69, 9.17) is 5.73 Å². The molecule has 0 aliphatic rings. The van der Waals surface area contributed by atoms with E-state index in [0.29, 0.717) is 51.6 Å². The van der Waals surface area contributed by atoms with Crippen LogP contribution in [0.1, 0.15) is 109 Å². The highest BCUT2D eigenvalue weighted by Crippen LogP contribution is 2.22. The number of hydrogen-bond acceptors (Lipinski definition) is 18. The number of rotatable bonds is 43. The molecule has 578 valence electrons. The number of unbranched alkanes of at least 4 members (excludes halogenated alkanes) is 2. The Morgan fingerprint density at radius 1 is 0.440 bits per heavy atom. The summed E-state index contributed by atoms with van der Waals surface area (Å²) in [6.07, 6.45) is -0.824. The Bertz CT molecular complexity index is 4470. The largest absolute Gasteiger partial charge is 0.508 e. The monoisotopic (exact) mass is 1520 g/mol. The van der Waals surface area contributed by atoms with Crippen molar-refractivity contribution in [2.75, 3.05) is 6.54 Å². The number of phenolic OH excluding ortho intramolecular Hbond substituents is 1. The first kappa shape index (κ1) is 83.9. The average Bonchev–Trinajstić information content (AvgIpc) is 1.69. The highest BCUT2D eigenvalue weighted by molar-refractivity contribution is 7.81. The number of amides is 9. The van der Waals surface area contributed by atoms with Gasteiger partial charge in [0.2, 0.25) is 53.2 Å². The second-order valence-corrected chi connectivity index (χ2v) is 26.8. The number of nitrogens with two attached hydrogens (primary N) is 1. The van der Waals surface area contributed by atoms with E-state index in [2.05, 4.69) is 57.0 Å². The molecule has 0 spiro atoms. The van der Waals surface area contributed by atoms with Crippen molar-refractivity contribution in [1.82, 2.24) is 52.8 Å². The number of phenols is 1. The van der Waals surface area contributed by atoms with Crippen LogP contribution in [0, 0.1) is 0 Å². The molecule has 9 atom stereocenters. The number of hydrogen-bond donors (Lipinski definition) is 16. The van der Waals surface area contributed by atoms with Gasteiger partial charge in [0, 0.05) is 53.9 Å². The second-order valence-electron chi connectivity index (χ2n) is 25.8. The van der Waals surface area contributed by atoms with Gasteiger partial charge in [-0.2, -0.15) is 8.42 Å². The fourth-order valence-corrected chi connectivity index (χ4v) is 11.9. The second kappa shape index (κ2) is 40.9. The number of carbonyl (C=O) groups is 13. The first-order valence-corrected chi connectivity index (χ1v) is 36.3. The summed E-state index contributed by atoms with van der Waals surface area (Å²) in [7, 11) is -5.02. The molecule has 1 heterocycles. The van der Waals surface area contributed by atoms with Crippen LogP contribution in [-0.2, 0) is 100 Å². The van der Waals surface area contributed by atoms with Crippen molar-refractivity contribution in [3.05, 3.63) is 203 Å². The molecule has 32 nitrogen and oxygen atoms in total.